The average molecular weight is 227 g/mol. The molecule has 1 heterocycles. The third kappa shape index (κ3) is 2.81. The van der Waals surface area contributed by atoms with Crippen molar-refractivity contribution < 1.29 is 0 Å². The standard InChI is InChI=1S/C13H13N3O/c14-13(15-17)12-6-8-16(9-7-12)10-11-4-2-1-3-5-11/h1-9H,10,14H2. The Morgan fingerprint density at radius 3 is 2.41 bits per heavy atom. The molecule has 1 aliphatic heterocycles. The molecule has 0 spiro atoms. The smallest absolute Gasteiger partial charge is 0.175 e. The molecule has 4 nitrogen and oxygen atoms in total. The number of nitrogens with zero attached hydrogens (tertiary/aromatic N) is 2. The van der Waals surface area contributed by atoms with Crippen LogP contribution in [0.4, 0.5) is 0 Å². The number of allylic oxidation sites excluding steroid dienone is 3. The molecule has 0 saturated heterocycles. The van der Waals surface area contributed by atoms with Crippen LogP contribution in [0.25, 0.3) is 0 Å². The largest absolute Gasteiger partial charge is 0.380 e. The number of nitroso groups, excluding NO2 is 1. The molecule has 17 heavy (non-hydrogen) atoms. The molecule has 2 N–H and O–H groups in total. The highest BCUT2D eigenvalue weighted by Gasteiger charge is 2.04. The Morgan fingerprint density at radius 2 is 1.82 bits per heavy atom. The molecule has 86 valence electrons. The number of benzene rings is 1. The molecule has 0 aliphatic carbocycles. The fourth-order valence-electron chi connectivity index (χ4n) is 1.58. The van der Waals surface area contributed by atoms with Gasteiger partial charge in [0.15, 0.2) is 5.82 Å². The first-order valence-electron chi connectivity index (χ1n) is 5.29. The molecule has 1 aromatic carbocycles. The highest BCUT2D eigenvalue weighted by atomic mass is 16.3. The third-order valence-electron chi connectivity index (χ3n) is 2.49. The lowest BCUT2D eigenvalue weighted by Gasteiger charge is -2.18. The summed E-state index contributed by atoms with van der Waals surface area (Å²) in [7, 11) is 0. The number of nitrogens with two attached hydrogens (primary N) is 1. The van der Waals surface area contributed by atoms with E-state index in [-0.39, 0.29) is 5.82 Å². The van der Waals surface area contributed by atoms with E-state index in [1.54, 1.807) is 12.2 Å². The molecule has 4 heteroatoms. The van der Waals surface area contributed by atoms with Gasteiger partial charge in [0.05, 0.1) is 0 Å². The molecule has 0 bridgehead atoms. The van der Waals surface area contributed by atoms with Crippen molar-refractivity contribution in [3.8, 4) is 0 Å². The van der Waals surface area contributed by atoms with Crippen LogP contribution in [0.2, 0.25) is 0 Å². The average Bonchev–Trinajstić information content (AvgIpc) is 2.40. The van der Waals surface area contributed by atoms with E-state index < -0.39 is 0 Å². The Hall–Kier alpha value is -2.36. The molecule has 0 fully saturated rings. The van der Waals surface area contributed by atoms with Crippen LogP contribution in [-0.2, 0) is 6.54 Å². The summed E-state index contributed by atoms with van der Waals surface area (Å²) in [6, 6.07) is 10.1. The van der Waals surface area contributed by atoms with E-state index in [1.807, 2.05) is 35.5 Å². The van der Waals surface area contributed by atoms with Gasteiger partial charge >= 0.3 is 0 Å². The van der Waals surface area contributed by atoms with Crippen molar-refractivity contribution in [1.82, 2.24) is 4.90 Å². The van der Waals surface area contributed by atoms with Crippen LogP contribution >= 0.6 is 0 Å². The molecule has 0 saturated carbocycles. The summed E-state index contributed by atoms with van der Waals surface area (Å²) in [4.78, 5) is 12.3. The van der Waals surface area contributed by atoms with Gasteiger partial charge in [-0.1, -0.05) is 30.3 Å². The Balaban J connectivity index is 2.05. The van der Waals surface area contributed by atoms with E-state index in [2.05, 4.69) is 17.3 Å². The van der Waals surface area contributed by atoms with Gasteiger partial charge in [0.1, 0.15) is 0 Å². The van der Waals surface area contributed by atoms with Crippen molar-refractivity contribution in [1.29, 1.82) is 0 Å². The van der Waals surface area contributed by atoms with E-state index >= 15 is 0 Å². The van der Waals surface area contributed by atoms with Gasteiger partial charge in [-0.25, -0.2) is 0 Å². The Labute approximate surface area is 99.7 Å². The predicted molar refractivity (Wildman–Crippen MR) is 67.3 cm³/mol. The quantitative estimate of drug-likeness (QED) is 0.807. The van der Waals surface area contributed by atoms with Crippen molar-refractivity contribution in [2.75, 3.05) is 0 Å². The Morgan fingerprint density at radius 1 is 1.18 bits per heavy atom. The summed E-state index contributed by atoms with van der Waals surface area (Å²) in [5.74, 6) is 0.0110. The minimum absolute atomic E-state index is 0.0110. The van der Waals surface area contributed by atoms with Crippen LogP contribution in [0.5, 0.6) is 0 Å². The molecular weight excluding hydrogens is 214 g/mol. The summed E-state index contributed by atoms with van der Waals surface area (Å²) < 4.78 is 0. The molecule has 0 unspecified atom stereocenters. The zero-order chi connectivity index (χ0) is 12.1. The van der Waals surface area contributed by atoms with Crippen LogP contribution in [0, 0.1) is 4.91 Å². The van der Waals surface area contributed by atoms with Gasteiger partial charge in [-0.15, -0.1) is 4.91 Å². The highest BCUT2D eigenvalue weighted by Crippen LogP contribution is 2.14. The van der Waals surface area contributed by atoms with Crippen LogP contribution in [0.15, 0.2) is 71.5 Å². The van der Waals surface area contributed by atoms with Gasteiger partial charge in [-0.3, -0.25) is 0 Å². The molecule has 0 amide bonds. The lowest BCUT2D eigenvalue weighted by atomic mass is 10.2. The van der Waals surface area contributed by atoms with E-state index in [0.29, 0.717) is 5.57 Å². The van der Waals surface area contributed by atoms with Gasteiger partial charge < -0.3 is 10.6 Å². The maximum Gasteiger partial charge on any atom is 0.175 e. The second-order valence-corrected chi connectivity index (χ2v) is 3.72. The summed E-state index contributed by atoms with van der Waals surface area (Å²) in [6.45, 7) is 0.787. The van der Waals surface area contributed by atoms with Crippen LogP contribution in [-0.4, -0.2) is 4.90 Å². The fourth-order valence-corrected chi connectivity index (χ4v) is 1.58. The van der Waals surface area contributed by atoms with E-state index in [1.165, 1.54) is 5.56 Å². The van der Waals surface area contributed by atoms with Gasteiger partial charge in [-0.2, -0.15) is 0 Å². The predicted octanol–water partition coefficient (Wildman–Crippen LogP) is 2.47. The molecule has 1 aliphatic rings. The van der Waals surface area contributed by atoms with Crippen molar-refractivity contribution in [2.24, 2.45) is 10.9 Å². The monoisotopic (exact) mass is 227 g/mol. The van der Waals surface area contributed by atoms with Crippen molar-refractivity contribution in [3.63, 3.8) is 0 Å². The summed E-state index contributed by atoms with van der Waals surface area (Å²) >= 11 is 0. The minimum atomic E-state index is 0.0110. The van der Waals surface area contributed by atoms with E-state index in [9.17, 15) is 4.91 Å². The van der Waals surface area contributed by atoms with Gasteiger partial charge in [0, 0.05) is 24.5 Å². The maximum absolute atomic E-state index is 10.3. The SMILES string of the molecule is NC(N=O)=C1C=CN(Cc2ccccc2)C=C1. The van der Waals surface area contributed by atoms with Gasteiger partial charge in [-0.05, 0) is 22.9 Å². The summed E-state index contributed by atoms with van der Waals surface area (Å²) in [5, 5.41) is 2.71. The molecule has 2 rings (SSSR count). The first kappa shape index (κ1) is 11.1. The zero-order valence-corrected chi connectivity index (χ0v) is 9.28. The van der Waals surface area contributed by atoms with Gasteiger partial charge in [0.2, 0.25) is 0 Å². The Kier molecular flexibility index (Phi) is 3.35. The number of hydrogen-bond acceptors (Lipinski definition) is 4. The summed E-state index contributed by atoms with van der Waals surface area (Å²) in [6.07, 6.45) is 7.31. The first-order valence-corrected chi connectivity index (χ1v) is 5.29. The second-order valence-electron chi connectivity index (χ2n) is 3.72. The molecular formula is C13H13N3O. The topological polar surface area (TPSA) is 58.7 Å². The Bertz CT molecular complexity index is 473. The molecule has 0 aromatic heterocycles. The first-order chi connectivity index (χ1) is 8.29. The normalized spacial score (nSPS) is 13.9. The summed E-state index contributed by atoms with van der Waals surface area (Å²) in [5.41, 5.74) is 7.29. The van der Waals surface area contributed by atoms with Crippen LogP contribution in [0.3, 0.4) is 0 Å². The molecule has 0 radical (unpaired) electrons. The minimum Gasteiger partial charge on any atom is -0.380 e. The number of hydrogen-bond donors (Lipinski definition) is 1. The molecule has 1 aromatic rings. The van der Waals surface area contributed by atoms with Gasteiger partial charge in [0.25, 0.3) is 0 Å². The second kappa shape index (κ2) is 5.12. The van der Waals surface area contributed by atoms with E-state index in [4.69, 9.17) is 5.73 Å². The fraction of sp³-hybridized carbons (Fsp3) is 0.0769. The van der Waals surface area contributed by atoms with Crippen LogP contribution in [0.1, 0.15) is 5.56 Å². The molecule has 0 atom stereocenters. The van der Waals surface area contributed by atoms with Crippen molar-refractivity contribution in [2.45, 2.75) is 6.54 Å². The third-order valence-corrected chi connectivity index (χ3v) is 2.49. The lowest BCUT2D eigenvalue weighted by molar-refractivity contribution is 0.497. The highest BCUT2D eigenvalue weighted by molar-refractivity contribution is 5.36. The van der Waals surface area contributed by atoms with Crippen molar-refractivity contribution in [3.05, 3.63) is 76.7 Å². The maximum atomic E-state index is 10.3. The van der Waals surface area contributed by atoms with Crippen LogP contribution < -0.4 is 5.73 Å². The zero-order valence-electron chi connectivity index (χ0n) is 9.28. The lowest BCUT2D eigenvalue weighted by Crippen LogP contribution is -2.12. The van der Waals surface area contributed by atoms with Crippen molar-refractivity contribution >= 4 is 0 Å². The number of rotatable bonds is 3. The van der Waals surface area contributed by atoms with E-state index in [0.717, 1.165) is 6.54 Å².